The minimum Gasteiger partial charge on any atom is -0.497 e. The molecule has 0 aliphatic heterocycles. The molecule has 16 heavy (non-hydrogen) atoms. The van der Waals surface area contributed by atoms with Crippen molar-refractivity contribution in [2.24, 2.45) is 0 Å². The second kappa shape index (κ2) is 5.12. The van der Waals surface area contributed by atoms with Crippen molar-refractivity contribution in [1.29, 1.82) is 0 Å². The van der Waals surface area contributed by atoms with Crippen molar-refractivity contribution < 1.29 is 9.53 Å². The van der Waals surface area contributed by atoms with E-state index in [-0.39, 0.29) is 5.78 Å². The van der Waals surface area contributed by atoms with E-state index in [2.05, 4.69) is 5.32 Å². The van der Waals surface area contributed by atoms with Gasteiger partial charge in [0.25, 0.3) is 0 Å². The van der Waals surface area contributed by atoms with E-state index >= 15 is 0 Å². The lowest BCUT2D eigenvalue weighted by Gasteiger charge is -2.22. The molecule has 0 aromatic heterocycles. The van der Waals surface area contributed by atoms with Crippen molar-refractivity contribution in [2.75, 3.05) is 14.2 Å². The molecule has 0 spiro atoms. The lowest BCUT2D eigenvalue weighted by Crippen LogP contribution is -2.45. The van der Waals surface area contributed by atoms with Crippen LogP contribution in [0.15, 0.2) is 24.3 Å². The summed E-state index contributed by atoms with van der Waals surface area (Å²) in [4.78, 5) is 12.0. The van der Waals surface area contributed by atoms with Gasteiger partial charge in [-0.2, -0.15) is 0 Å². The van der Waals surface area contributed by atoms with Gasteiger partial charge in [-0.3, -0.25) is 4.79 Å². The van der Waals surface area contributed by atoms with Crippen LogP contribution in [0.1, 0.15) is 19.4 Å². The lowest BCUT2D eigenvalue weighted by molar-refractivity contribution is -0.123. The van der Waals surface area contributed by atoms with Crippen LogP contribution in [0.2, 0.25) is 0 Å². The molecule has 3 nitrogen and oxygen atoms in total. The number of hydrogen-bond donors (Lipinski definition) is 1. The lowest BCUT2D eigenvalue weighted by atomic mass is 9.94. The zero-order chi connectivity index (χ0) is 12.2. The second-order valence-corrected chi connectivity index (χ2v) is 4.33. The second-order valence-electron chi connectivity index (χ2n) is 4.33. The van der Waals surface area contributed by atoms with E-state index in [0.717, 1.165) is 11.3 Å². The van der Waals surface area contributed by atoms with Crippen LogP contribution in [-0.4, -0.2) is 25.5 Å². The third-order valence-corrected chi connectivity index (χ3v) is 2.82. The molecule has 88 valence electrons. The predicted molar refractivity (Wildman–Crippen MR) is 64.8 cm³/mol. The van der Waals surface area contributed by atoms with Crippen molar-refractivity contribution in [3.05, 3.63) is 29.8 Å². The van der Waals surface area contributed by atoms with Gasteiger partial charge >= 0.3 is 0 Å². The molecule has 1 aromatic carbocycles. The summed E-state index contributed by atoms with van der Waals surface area (Å²) in [5.74, 6) is 0.954. The van der Waals surface area contributed by atoms with Crippen LogP contribution in [0.4, 0.5) is 0 Å². The van der Waals surface area contributed by atoms with Crippen molar-refractivity contribution in [3.63, 3.8) is 0 Å². The molecule has 0 atom stereocenters. The number of carbonyl (C=O) groups excluding carboxylic acids is 1. The molecule has 1 aromatic rings. The first kappa shape index (κ1) is 12.7. The molecule has 1 N–H and O–H groups in total. The third-order valence-electron chi connectivity index (χ3n) is 2.82. The summed E-state index contributed by atoms with van der Waals surface area (Å²) >= 11 is 0. The standard InChI is InChI=1S/C13H19NO2/c1-13(2,14-3)12(15)9-10-6-5-7-11(8-10)16-4/h5-8,14H,9H2,1-4H3. The van der Waals surface area contributed by atoms with Crippen molar-refractivity contribution in [2.45, 2.75) is 25.8 Å². The van der Waals surface area contributed by atoms with Gasteiger partial charge < -0.3 is 10.1 Å². The van der Waals surface area contributed by atoms with E-state index in [4.69, 9.17) is 4.74 Å². The summed E-state index contributed by atoms with van der Waals surface area (Å²) in [6.45, 7) is 3.77. The molecular weight excluding hydrogens is 202 g/mol. The average Bonchev–Trinajstić information content (AvgIpc) is 2.29. The van der Waals surface area contributed by atoms with Gasteiger partial charge in [0.05, 0.1) is 12.6 Å². The van der Waals surface area contributed by atoms with E-state index in [0.29, 0.717) is 6.42 Å². The Morgan fingerprint density at radius 1 is 1.44 bits per heavy atom. The maximum Gasteiger partial charge on any atom is 0.156 e. The topological polar surface area (TPSA) is 38.3 Å². The maximum atomic E-state index is 12.0. The predicted octanol–water partition coefficient (Wildman–Crippen LogP) is 1.80. The minimum atomic E-state index is -0.483. The van der Waals surface area contributed by atoms with Gasteiger partial charge in [-0.1, -0.05) is 12.1 Å². The van der Waals surface area contributed by atoms with E-state index in [1.165, 1.54) is 0 Å². The molecule has 0 unspecified atom stereocenters. The number of methoxy groups -OCH3 is 1. The number of nitrogens with one attached hydrogen (secondary N) is 1. The van der Waals surface area contributed by atoms with Gasteiger partial charge in [-0.05, 0) is 38.6 Å². The highest BCUT2D eigenvalue weighted by Crippen LogP contribution is 2.15. The number of ether oxygens (including phenoxy) is 1. The Kier molecular flexibility index (Phi) is 4.07. The molecule has 0 bridgehead atoms. The van der Waals surface area contributed by atoms with Gasteiger partial charge in [-0.15, -0.1) is 0 Å². The Balaban J connectivity index is 2.77. The van der Waals surface area contributed by atoms with Crippen LogP contribution in [0.5, 0.6) is 5.75 Å². The summed E-state index contributed by atoms with van der Waals surface area (Å²) in [6, 6.07) is 7.60. The van der Waals surface area contributed by atoms with Gasteiger partial charge in [-0.25, -0.2) is 0 Å². The van der Waals surface area contributed by atoms with Gasteiger partial charge in [0, 0.05) is 6.42 Å². The first-order valence-corrected chi connectivity index (χ1v) is 5.34. The number of benzene rings is 1. The van der Waals surface area contributed by atoms with Crippen molar-refractivity contribution >= 4 is 5.78 Å². The van der Waals surface area contributed by atoms with E-state index in [1.807, 2.05) is 38.1 Å². The molecule has 0 radical (unpaired) electrons. The highest BCUT2D eigenvalue weighted by atomic mass is 16.5. The fraction of sp³-hybridized carbons (Fsp3) is 0.462. The number of hydrogen-bond acceptors (Lipinski definition) is 3. The minimum absolute atomic E-state index is 0.170. The Bertz CT molecular complexity index is 372. The number of carbonyl (C=O) groups is 1. The summed E-state index contributed by atoms with van der Waals surface area (Å²) in [5, 5.41) is 3.01. The third kappa shape index (κ3) is 3.07. The van der Waals surface area contributed by atoms with Crippen molar-refractivity contribution in [3.8, 4) is 5.75 Å². The fourth-order valence-corrected chi connectivity index (χ4v) is 1.33. The highest BCUT2D eigenvalue weighted by Gasteiger charge is 2.24. The van der Waals surface area contributed by atoms with Crippen LogP contribution < -0.4 is 10.1 Å². The van der Waals surface area contributed by atoms with E-state index in [1.54, 1.807) is 14.2 Å². The van der Waals surface area contributed by atoms with Gasteiger partial charge in [0.1, 0.15) is 5.75 Å². The Labute approximate surface area is 96.8 Å². The average molecular weight is 221 g/mol. The van der Waals surface area contributed by atoms with Crippen LogP contribution in [0.3, 0.4) is 0 Å². The van der Waals surface area contributed by atoms with Gasteiger partial charge in [0.15, 0.2) is 5.78 Å². The molecule has 0 aliphatic carbocycles. The first-order chi connectivity index (χ1) is 7.49. The Morgan fingerprint density at radius 2 is 2.12 bits per heavy atom. The van der Waals surface area contributed by atoms with Crippen LogP contribution in [0, 0.1) is 0 Å². The summed E-state index contributed by atoms with van der Waals surface area (Å²) < 4.78 is 5.12. The molecular formula is C13H19NO2. The smallest absolute Gasteiger partial charge is 0.156 e. The SMILES string of the molecule is CNC(C)(C)C(=O)Cc1cccc(OC)c1. The van der Waals surface area contributed by atoms with E-state index in [9.17, 15) is 4.79 Å². The number of ketones is 1. The van der Waals surface area contributed by atoms with Crippen LogP contribution in [0.25, 0.3) is 0 Å². The molecule has 1 rings (SSSR count). The van der Waals surface area contributed by atoms with Crippen LogP contribution in [-0.2, 0) is 11.2 Å². The summed E-state index contributed by atoms with van der Waals surface area (Å²) in [6.07, 6.45) is 0.422. The molecule has 0 amide bonds. The quantitative estimate of drug-likeness (QED) is 0.824. The summed E-state index contributed by atoms with van der Waals surface area (Å²) in [7, 11) is 3.42. The number of rotatable bonds is 5. The molecule has 0 aliphatic rings. The fourth-order valence-electron chi connectivity index (χ4n) is 1.33. The number of likely N-dealkylation sites (N-methyl/N-ethyl adjacent to an activating group) is 1. The summed E-state index contributed by atoms with van der Waals surface area (Å²) in [5.41, 5.74) is 0.496. The monoisotopic (exact) mass is 221 g/mol. The van der Waals surface area contributed by atoms with E-state index < -0.39 is 5.54 Å². The molecule has 0 heterocycles. The number of Topliss-reactive ketones (excluding diaryl/α,β-unsaturated/α-hetero) is 1. The van der Waals surface area contributed by atoms with Crippen molar-refractivity contribution in [1.82, 2.24) is 5.32 Å². The normalized spacial score (nSPS) is 11.2. The maximum absolute atomic E-state index is 12.0. The molecule has 0 fully saturated rings. The van der Waals surface area contributed by atoms with Crippen LogP contribution >= 0.6 is 0 Å². The zero-order valence-electron chi connectivity index (χ0n) is 10.3. The molecule has 3 heteroatoms. The highest BCUT2D eigenvalue weighted by molar-refractivity contribution is 5.89. The zero-order valence-corrected chi connectivity index (χ0v) is 10.3. The largest absolute Gasteiger partial charge is 0.497 e. The molecule has 0 saturated carbocycles. The first-order valence-electron chi connectivity index (χ1n) is 5.34. The Morgan fingerprint density at radius 3 is 2.69 bits per heavy atom. The Hall–Kier alpha value is -1.35. The van der Waals surface area contributed by atoms with Gasteiger partial charge in [0.2, 0.25) is 0 Å². The molecule has 0 saturated heterocycles.